The second-order valence-electron chi connectivity index (χ2n) is 7.20. The first-order valence-electron chi connectivity index (χ1n) is 10.2. The fraction of sp³-hybridized carbons (Fsp3) is 0.571. The zero-order chi connectivity index (χ0) is 20.4. The molecule has 1 fully saturated rings. The molecule has 0 radical (unpaired) electrons. The minimum Gasteiger partial charge on any atom is -0.370 e. The van der Waals surface area contributed by atoms with Gasteiger partial charge in [0.05, 0.1) is 0 Å². The van der Waals surface area contributed by atoms with Crippen molar-refractivity contribution in [3.63, 3.8) is 0 Å². The summed E-state index contributed by atoms with van der Waals surface area (Å²) in [6.07, 6.45) is 3.41. The molecule has 0 bridgehead atoms. The molecule has 0 aromatic heterocycles. The van der Waals surface area contributed by atoms with Crippen LogP contribution in [0, 0.1) is 0 Å². The van der Waals surface area contributed by atoms with Crippen molar-refractivity contribution < 1.29 is 14.4 Å². The number of hydrogen-bond donors (Lipinski definition) is 2. The molecule has 3 amide bonds. The maximum absolute atomic E-state index is 12.5. The SMILES string of the molecule is CCC(=O)N(c1ccccc1)C1CCN(CCNC(=O)CCCC(N)=O)CC1. The van der Waals surface area contributed by atoms with Crippen LogP contribution < -0.4 is 16.0 Å². The minimum atomic E-state index is -0.373. The highest BCUT2D eigenvalue weighted by Gasteiger charge is 2.28. The number of carbonyl (C=O) groups excluding carboxylic acids is 3. The Morgan fingerprint density at radius 1 is 1.14 bits per heavy atom. The summed E-state index contributed by atoms with van der Waals surface area (Å²) in [5.74, 6) is -0.255. The van der Waals surface area contributed by atoms with Crippen molar-refractivity contribution in [3.8, 4) is 0 Å². The highest BCUT2D eigenvalue weighted by Crippen LogP contribution is 2.24. The summed E-state index contributed by atoms with van der Waals surface area (Å²) >= 11 is 0. The van der Waals surface area contributed by atoms with Crippen LogP contribution in [0.25, 0.3) is 0 Å². The molecule has 1 heterocycles. The first kappa shape index (κ1) is 21.9. The second-order valence-corrected chi connectivity index (χ2v) is 7.20. The Morgan fingerprint density at radius 3 is 2.43 bits per heavy atom. The second kappa shape index (κ2) is 11.4. The van der Waals surface area contributed by atoms with E-state index in [1.54, 1.807) is 0 Å². The molecule has 0 spiro atoms. The van der Waals surface area contributed by atoms with Crippen molar-refractivity contribution in [1.29, 1.82) is 0 Å². The van der Waals surface area contributed by atoms with Crippen LogP contribution in [0.1, 0.15) is 45.4 Å². The zero-order valence-corrected chi connectivity index (χ0v) is 16.7. The van der Waals surface area contributed by atoms with Crippen LogP contribution in [-0.2, 0) is 14.4 Å². The van der Waals surface area contributed by atoms with Gasteiger partial charge in [0, 0.05) is 57.2 Å². The molecule has 3 N–H and O–H groups in total. The van der Waals surface area contributed by atoms with E-state index in [2.05, 4.69) is 10.2 Å². The highest BCUT2D eigenvalue weighted by molar-refractivity contribution is 5.93. The minimum absolute atomic E-state index is 0.0417. The van der Waals surface area contributed by atoms with E-state index in [0.29, 0.717) is 25.8 Å². The van der Waals surface area contributed by atoms with Crippen molar-refractivity contribution in [3.05, 3.63) is 30.3 Å². The van der Waals surface area contributed by atoms with E-state index in [9.17, 15) is 14.4 Å². The predicted octanol–water partition coefficient (Wildman–Crippen LogP) is 1.67. The van der Waals surface area contributed by atoms with Crippen molar-refractivity contribution in [2.24, 2.45) is 5.73 Å². The number of piperidine rings is 1. The number of rotatable bonds is 10. The Balaban J connectivity index is 1.74. The fourth-order valence-corrected chi connectivity index (χ4v) is 3.58. The van der Waals surface area contributed by atoms with E-state index in [-0.39, 0.29) is 30.2 Å². The first-order chi connectivity index (χ1) is 13.5. The van der Waals surface area contributed by atoms with Crippen LogP contribution >= 0.6 is 0 Å². The van der Waals surface area contributed by atoms with Gasteiger partial charge in [-0.25, -0.2) is 0 Å². The molecule has 28 heavy (non-hydrogen) atoms. The molecule has 1 aliphatic rings. The number of hydrogen-bond acceptors (Lipinski definition) is 4. The lowest BCUT2D eigenvalue weighted by molar-refractivity contribution is -0.122. The number of amides is 3. The normalized spacial score (nSPS) is 15.2. The highest BCUT2D eigenvalue weighted by atomic mass is 16.2. The molecule has 1 aromatic carbocycles. The van der Waals surface area contributed by atoms with E-state index in [1.807, 2.05) is 42.2 Å². The van der Waals surface area contributed by atoms with Crippen LogP contribution in [0.4, 0.5) is 5.69 Å². The van der Waals surface area contributed by atoms with Crippen molar-refractivity contribution in [2.75, 3.05) is 31.1 Å². The monoisotopic (exact) mass is 388 g/mol. The third kappa shape index (κ3) is 6.96. The Kier molecular flexibility index (Phi) is 8.94. The lowest BCUT2D eigenvalue weighted by Crippen LogP contribution is -2.48. The Morgan fingerprint density at radius 2 is 1.82 bits per heavy atom. The molecule has 0 saturated carbocycles. The van der Waals surface area contributed by atoms with Crippen molar-refractivity contribution in [1.82, 2.24) is 10.2 Å². The van der Waals surface area contributed by atoms with Crippen LogP contribution in [0.5, 0.6) is 0 Å². The molecule has 154 valence electrons. The number of para-hydroxylation sites is 1. The van der Waals surface area contributed by atoms with Gasteiger partial charge >= 0.3 is 0 Å². The number of nitrogens with zero attached hydrogens (tertiary/aromatic N) is 2. The Labute approximate surface area is 167 Å². The van der Waals surface area contributed by atoms with Gasteiger partial charge in [0.1, 0.15) is 0 Å². The molecular formula is C21H32N4O3. The van der Waals surface area contributed by atoms with Gasteiger partial charge in [-0.15, -0.1) is 0 Å². The molecule has 7 heteroatoms. The van der Waals surface area contributed by atoms with Gasteiger partial charge in [0.25, 0.3) is 0 Å². The first-order valence-corrected chi connectivity index (χ1v) is 10.2. The Hall–Kier alpha value is -2.41. The molecule has 0 atom stereocenters. The maximum atomic E-state index is 12.5. The van der Waals surface area contributed by atoms with E-state index in [1.165, 1.54) is 0 Å². The van der Waals surface area contributed by atoms with Gasteiger partial charge in [-0.3, -0.25) is 14.4 Å². The van der Waals surface area contributed by atoms with E-state index in [4.69, 9.17) is 5.73 Å². The molecule has 0 unspecified atom stereocenters. The predicted molar refractivity (Wildman–Crippen MR) is 110 cm³/mol. The summed E-state index contributed by atoms with van der Waals surface area (Å²) in [7, 11) is 0. The van der Waals surface area contributed by atoms with Gasteiger partial charge < -0.3 is 20.9 Å². The maximum Gasteiger partial charge on any atom is 0.226 e. The quantitative estimate of drug-likeness (QED) is 0.637. The summed E-state index contributed by atoms with van der Waals surface area (Å²) in [5, 5.41) is 2.89. The van der Waals surface area contributed by atoms with Gasteiger partial charge in [-0.1, -0.05) is 25.1 Å². The molecule has 1 aromatic rings. The lowest BCUT2D eigenvalue weighted by atomic mass is 10.0. The van der Waals surface area contributed by atoms with Crippen molar-refractivity contribution >= 4 is 23.4 Å². The molecular weight excluding hydrogens is 356 g/mol. The van der Waals surface area contributed by atoms with Crippen LogP contribution in [-0.4, -0.2) is 54.8 Å². The number of anilines is 1. The zero-order valence-electron chi connectivity index (χ0n) is 16.7. The van der Waals surface area contributed by atoms with Gasteiger partial charge in [0.15, 0.2) is 0 Å². The van der Waals surface area contributed by atoms with E-state index in [0.717, 1.165) is 38.2 Å². The smallest absolute Gasteiger partial charge is 0.226 e. The third-order valence-electron chi connectivity index (χ3n) is 5.10. The van der Waals surface area contributed by atoms with Crippen molar-refractivity contribution in [2.45, 2.75) is 51.5 Å². The number of benzene rings is 1. The summed E-state index contributed by atoms with van der Waals surface area (Å²) in [4.78, 5) is 39.2. The summed E-state index contributed by atoms with van der Waals surface area (Å²) in [5.41, 5.74) is 6.04. The van der Waals surface area contributed by atoms with Crippen LogP contribution in [0.15, 0.2) is 30.3 Å². The average Bonchev–Trinajstić information content (AvgIpc) is 2.69. The molecule has 7 nitrogen and oxygen atoms in total. The topological polar surface area (TPSA) is 95.7 Å². The Bertz CT molecular complexity index is 642. The third-order valence-corrected chi connectivity index (χ3v) is 5.10. The molecule has 2 rings (SSSR count). The summed E-state index contributed by atoms with van der Waals surface area (Å²) in [6.45, 7) is 5.10. The number of primary amides is 1. The number of nitrogens with two attached hydrogens (primary N) is 1. The number of carbonyl (C=O) groups is 3. The van der Waals surface area contributed by atoms with Crippen LogP contribution in [0.3, 0.4) is 0 Å². The molecule has 1 aliphatic heterocycles. The molecule has 1 saturated heterocycles. The lowest BCUT2D eigenvalue weighted by Gasteiger charge is -2.38. The standard InChI is InChI=1S/C21H32N4O3/c1-2-21(28)25(17-7-4-3-5-8-17)18-11-14-24(15-12-18)16-13-23-20(27)10-6-9-19(22)26/h3-5,7-8,18H,2,6,9-16H2,1H3,(H2,22,26)(H,23,27). The molecule has 0 aliphatic carbocycles. The fourth-order valence-electron chi connectivity index (χ4n) is 3.58. The van der Waals surface area contributed by atoms with Crippen LogP contribution in [0.2, 0.25) is 0 Å². The number of nitrogens with one attached hydrogen (secondary N) is 1. The van der Waals surface area contributed by atoms with E-state index < -0.39 is 0 Å². The van der Waals surface area contributed by atoms with Gasteiger partial charge in [-0.05, 0) is 31.4 Å². The number of likely N-dealkylation sites (tertiary alicyclic amines) is 1. The summed E-state index contributed by atoms with van der Waals surface area (Å²) in [6, 6.07) is 10.1. The van der Waals surface area contributed by atoms with E-state index >= 15 is 0 Å². The van der Waals surface area contributed by atoms with Gasteiger partial charge in [-0.2, -0.15) is 0 Å². The van der Waals surface area contributed by atoms with Gasteiger partial charge in [0.2, 0.25) is 17.7 Å². The largest absolute Gasteiger partial charge is 0.370 e. The summed E-state index contributed by atoms with van der Waals surface area (Å²) < 4.78 is 0. The average molecular weight is 389 g/mol.